The van der Waals surface area contributed by atoms with Crippen LogP contribution in [-0.4, -0.2) is 51.9 Å². The van der Waals surface area contributed by atoms with E-state index in [2.05, 4.69) is 23.6 Å². The number of rotatable bonds is 3. The summed E-state index contributed by atoms with van der Waals surface area (Å²) in [5.74, 6) is 0.331. The fourth-order valence-corrected chi connectivity index (χ4v) is 3.88. The number of carbonyl (C=O) groups excluding carboxylic acids is 1. The van der Waals surface area contributed by atoms with Gasteiger partial charge >= 0.3 is 0 Å². The minimum atomic E-state index is 0.331. The molecule has 4 heteroatoms. The van der Waals surface area contributed by atoms with Crippen molar-refractivity contribution in [2.24, 2.45) is 5.92 Å². The van der Waals surface area contributed by atoms with E-state index in [0.717, 1.165) is 32.0 Å². The average molecular weight is 364 g/mol. The van der Waals surface area contributed by atoms with E-state index < -0.39 is 0 Å². The standard InChI is InChI=1S/C14H25IN2O/c1-11(2)16-9-5-13(6-10-16)17-7-3-12(4-8-17)14(15)18/h11-13H,3-10H2,1-2H3. The molecule has 18 heavy (non-hydrogen) atoms. The van der Waals surface area contributed by atoms with Gasteiger partial charge in [-0.1, -0.05) is 0 Å². The highest BCUT2D eigenvalue weighted by Gasteiger charge is 2.30. The minimum absolute atomic E-state index is 0.331. The van der Waals surface area contributed by atoms with Crippen LogP contribution < -0.4 is 0 Å². The van der Waals surface area contributed by atoms with Gasteiger partial charge in [0.1, 0.15) is 0 Å². The Morgan fingerprint density at radius 1 is 1.06 bits per heavy atom. The van der Waals surface area contributed by atoms with Gasteiger partial charge in [-0.3, -0.25) is 4.79 Å². The van der Waals surface area contributed by atoms with Crippen LogP contribution >= 0.6 is 22.6 Å². The number of carbonyl (C=O) groups is 1. The number of nitrogens with zero attached hydrogens (tertiary/aromatic N) is 2. The zero-order valence-corrected chi connectivity index (χ0v) is 13.7. The molecule has 0 aromatic carbocycles. The van der Waals surface area contributed by atoms with E-state index >= 15 is 0 Å². The van der Waals surface area contributed by atoms with Crippen molar-refractivity contribution in [2.75, 3.05) is 26.2 Å². The highest BCUT2D eigenvalue weighted by Crippen LogP contribution is 2.26. The Kier molecular flexibility index (Phi) is 5.45. The summed E-state index contributed by atoms with van der Waals surface area (Å²) in [5.41, 5.74) is 0. The average Bonchev–Trinajstić information content (AvgIpc) is 2.39. The fourth-order valence-electron chi connectivity index (χ4n) is 3.26. The molecule has 104 valence electrons. The predicted octanol–water partition coefficient (Wildman–Crippen LogP) is 2.53. The van der Waals surface area contributed by atoms with Gasteiger partial charge in [0.05, 0.1) is 0 Å². The highest BCUT2D eigenvalue weighted by molar-refractivity contribution is 14.1. The lowest BCUT2D eigenvalue weighted by Crippen LogP contribution is -2.49. The molecule has 3 nitrogen and oxygen atoms in total. The smallest absolute Gasteiger partial charge is 0.195 e. The first-order valence-electron chi connectivity index (χ1n) is 7.25. The van der Waals surface area contributed by atoms with Crippen LogP contribution in [0.5, 0.6) is 0 Å². The van der Waals surface area contributed by atoms with Crippen molar-refractivity contribution in [1.29, 1.82) is 0 Å². The third kappa shape index (κ3) is 3.67. The van der Waals surface area contributed by atoms with Crippen LogP contribution in [0.3, 0.4) is 0 Å². The predicted molar refractivity (Wildman–Crippen MR) is 83.1 cm³/mol. The molecule has 0 aliphatic carbocycles. The topological polar surface area (TPSA) is 23.6 Å². The third-order valence-corrected chi connectivity index (χ3v) is 5.48. The Hall–Kier alpha value is 0.320. The Balaban J connectivity index is 1.76. The van der Waals surface area contributed by atoms with Gasteiger partial charge < -0.3 is 9.80 Å². The summed E-state index contributed by atoms with van der Waals surface area (Å²) in [4.78, 5) is 16.6. The molecule has 0 atom stereocenters. The maximum atomic E-state index is 11.4. The van der Waals surface area contributed by atoms with Crippen molar-refractivity contribution in [3.63, 3.8) is 0 Å². The molecule has 0 spiro atoms. The van der Waals surface area contributed by atoms with Gasteiger partial charge in [0.25, 0.3) is 0 Å². The lowest BCUT2D eigenvalue weighted by Gasteiger charge is -2.42. The van der Waals surface area contributed by atoms with E-state index in [1.807, 2.05) is 22.6 Å². The molecule has 0 bridgehead atoms. The van der Waals surface area contributed by atoms with E-state index in [9.17, 15) is 4.79 Å². The summed E-state index contributed by atoms with van der Waals surface area (Å²) in [5, 5.41) is 0. The molecule has 0 saturated carbocycles. The molecule has 2 aliphatic rings. The van der Waals surface area contributed by atoms with Gasteiger partial charge in [-0.05, 0) is 88.3 Å². The summed E-state index contributed by atoms with van der Waals surface area (Å²) in [7, 11) is 0. The Morgan fingerprint density at radius 3 is 2.06 bits per heavy atom. The minimum Gasteiger partial charge on any atom is -0.301 e. The quantitative estimate of drug-likeness (QED) is 0.568. The van der Waals surface area contributed by atoms with Crippen molar-refractivity contribution in [1.82, 2.24) is 9.80 Å². The molecule has 0 aromatic rings. The molecule has 0 radical (unpaired) electrons. The second-order valence-electron chi connectivity index (χ2n) is 5.98. The summed E-state index contributed by atoms with van der Waals surface area (Å²) in [6, 6.07) is 1.46. The van der Waals surface area contributed by atoms with E-state index in [1.165, 1.54) is 25.9 Å². The number of piperidine rings is 2. The molecule has 2 heterocycles. The first-order valence-corrected chi connectivity index (χ1v) is 8.33. The molecule has 0 unspecified atom stereocenters. The molecule has 0 N–H and O–H groups in total. The van der Waals surface area contributed by atoms with E-state index in [-0.39, 0.29) is 0 Å². The second-order valence-corrected chi connectivity index (χ2v) is 7.04. The normalized spacial score (nSPS) is 25.8. The zero-order chi connectivity index (χ0) is 13.1. The lowest BCUT2D eigenvalue weighted by molar-refractivity contribution is -0.114. The van der Waals surface area contributed by atoms with Crippen LogP contribution in [0.2, 0.25) is 0 Å². The maximum Gasteiger partial charge on any atom is 0.195 e. The molecule has 2 rings (SSSR count). The summed E-state index contributed by atoms with van der Waals surface area (Å²) in [6.45, 7) is 9.33. The number of halogens is 1. The molecule has 2 saturated heterocycles. The number of likely N-dealkylation sites (tertiary alicyclic amines) is 2. The van der Waals surface area contributed by atoms with Gasteiger partial charge in [-0.15, -0.1) is 0 Å². The molecular weight excluding hydrogens is 339 g/mol. The van der Waals surface area contributed by atoms with Crippen molar-refractivity contribution in [3.05, 3.63) is 0 Å². The molecule has 2 fully saturated rings. The van der Waals surface area contributed by atoms with Gasteiger partial charge in [-0.25, -0.2) is 0 Å². The number of hydrogen-bond donors (Lipinski definition) is 0. The van der Waals surface area contributed by atoms with Crippen LogP contribution in [-0.2, 0) is 4.79 Å². The molecule has 0 aromatic heterocycles. The van der Waals surface area contributed by atoms with Crippen LogP contribution in [0.4, 0.5) is 0 Å². The largest absolute Gasteiger partial charge is 0.301 e. The van der Waals surface area contributed by atoms with Crippen molar-refractivity contribution >= 4 is 26.4 Å². The fraction of sp³-hybridized carbons (Fsp3) is 0.929. The van der Waals surface area contributed by atoms with Gasteiger partial charge in [-0.2, -0.15) is 0 Å². The second kappa shape index (κ2) is 6.66. The summed E-state index contributed by atoms with van der Waals surface area (Å²) >= 11 is 1.97. The van der Waals surface area contributed by atoms with Crippen LogP contribution in [0.15, 0.2) is 0 Å². The number of hydrogen-bond acceptors (Lipinski definition) is 3. The SMILES string of the molecule is CC(C)N1CCC(N2CCC(C(=O)I)CC2)CC1. The van der Waals surface area contributed by atoms with Crippen LogP contribution in [0, 0.1) is 5.92 Å². The first kappa shape index (κ1) is 14.7. The lowest BCUT2D eigenvalue weighted by atomic mass is 9.94. The van der Waals surface area contributed by atoms with Crippen LogP contribution in [0.25, 0.3) is 0 Å². The summed E-state index contributed by atoms with van der Waals surface area (Å²) < 4.78 is 0.363. The maximum absolute atomic E-state index is 11.4. The van der Waals surface area contributed by atoms with Crippen LogP contribution in [0.1, 0.15) is 39.5 Å². The Labute approximate surface area is 124 Å². The molecule has 0 amide bonds. The monoisotopic (exact) mass is 364 g/mol. The summed E-state index contributed by atoms with van der Waals surface area (Å²) in [6.07, 6.45) is 4.76. The molecule has 2 aliphatic heterocycles. The van der Waals surface area contributed by atoms with E-state index in [1.54, 1.807) is 0 Å². The van der Waals surface area contributed by atoms with Crippen molar-refractivity contribution < 1.29 is 4.79 Å². The van der Waals surface area contributed by atoms with E-state index in [4.69, 9.17) is 0 Å². The van der Waals surface area contributed by atoms with Gasteiger partial charge in [0.2, 0.25) is 0 Å². The van der Waals surface area contributed by atoms with Gasteiger partial charge in [0.15, 0.2) is 3.79 Å². The van der Waals surface area contributed by atoms with Crippen molar-refractivity contribution in [2.45, 2.75) is 51.6 Å². The zero-order valence-electron chi connectivity index (χ0n) is 11.6. The van der Waals surface area contributed by atoms with Gasteiger partial charge in [0, 0.05) is 18.0 Å². The van der Waals surface area contributed by atoms with E-state index in [0.29, 0.717) is 15.7 Å². The Bertz CT molecular complexity index is 280. The highest BCUT2D eigenvalue weighted by atomic mass is 127. The molecular formula is C14H25IN2O. The third-order valence-electron chi connectivity index (χ3n) is 4.60. The Morgan fingerprint density at radius 2 is 1.61 bits per heavy atom. The first-order chi connectivity index (χ1) is 8.58. The van der Waals surface area contributed by atoms with Crippen molar-refractivity contribution in [3.8, 4) is 0 Å².